The Morgan fingerprint density at radius 1 is 1.29 bits per heavy atom. The topological polar surface area (TPSA) is 99.5 Å². The number of rotatable bonds is 9. The second-order valence-corrected chi connectivity index (χ2v) is 6.65. The van der Waals surface area contributed by atoms with Crippen LogP contribution in [-0.2, 0) is 20.8 Å². The molecule has 0 fully saturated rings. The summed E-state index contributed by atoms with van der Waals surface area (Å²) in [6, 6.07) is 4.80. The average Bonchev–Trinajstić information content (AvgIpc) is 2.66. The Hall–Kier alpha value is -2.74. The first-order valence-electron chi connectivity index (χ1n) is 9.40. The lowest BCUT2D eigenvalue weighted by Crippen LogP contribution is -2.30. The third-order valence-electron chi connectivity index (χ3n) is 4.09. The van der Waals surface area contributed by atoms with Crippen LogP contribution in [0.1, 0.15) is 43.2 Å². The summed E-state index contributed by atoms with van der Waals surface area (Å²) in [6.45, 7) is 8.56. The minimum atomic E-state index is -0.617. The summed E-state index contributed by atoms with van der Waals surface area (Å²) in [5.74, 6) is -0.985. The van der Waals surface area contributed by atoms with Crippen LogP contribution in [0.25, 0.3) is 11.0 Å². The van der Waals surface area contributed by atoms with Crippen LogP contribution in [0.4, 0.5) is 0 Å². The number of carbonyl (C=O) groups is 2. The van der Waals surface area contributed by atoms with E-state index in [1.54, 1.807) is 29.7 Å². The van der Waals surface area contributed by atoms with Crippen molar-refractivity contribution in [1.29, 1.82) is 0 Å². The molecule has 1 aromatic heterocycles. The number of esters is 1. The molecule has 1 amide bonds. The Morgan fingerprint density at radius 3 is 2.71 bits per heavy atom. The number of hydrogen-bond donors (Lipinski definition) is 1. The van der Waals surface area contributed by atoms with Crippen molar-refractivity contribution in [3.63, 3.8) is 0 Å². The van der Waals surface area contributed by atoms with Crippen LogP contribution < -0.4 is 10.9 Å². The molecule has 0 saturated heterocycles. The van der Waals surface area contributed by atoms with Gasteiger partial charge < -0.3 is 19.4 Å². The number of hydrogen-bond acceptors (Lipinski definition) is 6. The summed E-state index contributed by atoms with van der Waals surface area (Å²) in [7, 11) is 0. The fourth-order valence-corrected chi connectivity index (χ4v) is 2.70. The van der Waals surface area contributed by atoms with E-state index in [0.717, 1.165) is 0 Å². The van der Waals surface area contributed by atoms with Crippen LogP contribution >= 0.6 is 0 Å². The molecule has 0 spiro atoms. The van der Waals surface area contributed by atoms with E-state index in [2.05, 4.69) is 10.3 Å². The zero-order valence-electron chi connectivity index (χ0n) is 16.8. The highest BCUT2D eigenvalue weighted by Crippen LogP contribution is 2.14. The van der Waals surface area contributed by atoms with E-state index in [4.69, 9.17) is 9.47 Å². The molecule has 1 N–H and O–H groups in total. The van der Waals surface area contributed by atoms with Gasteiger partial charge in [-0.25, -0.2) is 9.78 Å². The van der Waals surface area contributed by atoms with Gasteiger partial charge in [0.1, 0.15) is 5.69 Å². The zero-order chi connectivity index (χ0) is 20.7. The van der Waals surface area contributed by atoms with Crippen molar-refractivity contribution in [3.05, 3.63) is 39.8 Å². The molecule has 0 aliphatic rings. The number of ether oxygens (including phenoxy) is 2. The van der Waals surface area contributed by atoms with Crippen LogP contribution in [0.15, 0.2) is 23.0 Å². The first-order valence-corrected chi connectivity index (χ1v) is 9.40. The number of aromatic nitrogens is 2. The Kier molecular flexibility index (Phi) is 7.69. The van der Waals surface area contributed by atoms with Gasteiger partial charge in [-0.05, 0) is 52.3 Å². The van der Waals surface area contributed by atoms with Crippen molar-refractivity contribution in [3.8, 4) is 0 Å². The predicted octanol–water partition coefficient (Wildman–Crippen LogP) is 1.81. The van der Waals surface area contributed by atoms with Gasteiger partial charge in [-0.15, -0.1) is 0 Å². The van der Waals surface area contributed by atoms with Gasteiger partial charge in [-0.3, -0.25) is 9.59 Å². The van der Waals surface area contributed by atoms with E-state index in [1.807, 2.05) is 20.8 Å². The van der Waals surface area contributed by atoms with Crippen molar-refractivity contribution in [2.24, 2.45) is 0 Å². The molecule has 0 aliphatic carbocycles. The van der Waals surface area contributed by atoms with Gasteiger partial charge in [0, 0.05) is 19.7 Å². The molecule has 8 heteroatoms. The number of nitrogens with one attached hydrogen (secondary N) is 1. The second-order valence-electron chi connectivity index (χ2n) is 6.65. The van der Waals surface area contributed by atoms with Gasteiger partial charge in [0.25, 0.3) is 11.5 Å². The third kappa shape index (κ3) is 5.63. The molecule has 1 aromatic carbocycles. The quantitative estimate of drug-likeness (QED) is 0.519. The van der Waals surface area contributed by atoms with Crippen LogP contribution in [0.5, 0.6) is 0 Å². The molecule has 2 rings (SSSR count). The number of nitrogens with zero attached hydrogens (tertiary/aromatic N) is 2. The summed E-state index contributed by atoms with van der Waals surface area (Å²) in [5, 5.41) is 2.68. The van der Waals surface area contributed by atoms with Gasteiger partial charge in [0.15, 0.2) is 6.61 Å². The Labute approximate surface area is 163 Å². The Balaban J connectivity index is 1.94. The van der Waals surface area contributed by atoms with Crippen LogP contribution in [0.3, 0.4) is 0 Å². The van der Waals surface area contributed by atoms with Gasteiger partial charge in [0.05, 0.1) is 22.7 Å². The maximum atomic E-state index is 12.2. The summed E-state index contributed by atoms with van der Waals surface area (Å²) in [4.78, 5) is 40.4. The fraction of sp³-hybridized carbons (Fsp3) is 0.500. The molecule has 8 nitrogen and oxygen atoms in total. The maximum Gasteiger partial charge on any atom is 0.338 e. The lowest BCUT2D eigenvalue weighted by molar-refractivity contribution is -0.124. The van der Waals surface area contributed by atoms with E-state index >= 15 is 0 Å². The molecule has 152 valence electrons. The van der Waals surface area contributed by atoms with E-state index in [-0.39, 0.29) is 29.7 Å². The minimum Gasteiger partial charge on any atom is -0.452 e. The minimum absolute atomic E-state index is 0.152. The van der Waals surface area contributed by atoms with Gasteiger partial charge in [-0.2, -0.15) is 0 Å². The second kappa shape index (κ2) is 9.98. The van der Waals surface area contributed by atoms with Gasteiger partial charge >= 0.3 is 5.97 Å². The molecular weight excluding hydrogens is 362 g/mol. The molecule has 0 saturated carbocycles. The van der Waals surface area contributed by atoms with Crippen molar-refractivity contribution in [2.45, 2.75) is 46.8 Å². The van der Waals surface area contributed by atoms with Gasteiger partial charge in [0.2, 0.25) is 0 Å². The first kappa shape index (κ1) is 21.6. The monoisotopic (exact) mass is 389 g/mol. The predicted molar refractivity (Wildman–Crippen MR) is 105 cm³/mol. The standard InChI is InChI=1S/C20H27N3O5/c1-5-23-17-8-7-15(11-16(17)22-14(4)19(23)25)20(26)28-12-18(24)21-9-6-10-27-13(2)3/h7-8,11,13H,5-6,9-10,12H2,1-4H3,(H,21,24). The molecule has 0 aliphatic heterocycles. The van der Waals surface area contributed by atoms with E-state index in [0.29, 0.717) is 42.8 Å². The SMILES string of the molecule is CCn1c(=O)c(C)nc2cc(C(=O)OCC(=O)NCCCOC(C)C)ccc21. The summed E-state index contributed by atoms with van der Waals surface area (Å²) in [5.41, 5.74) is 1.67. The van der Waals surface area contributed by atoms with Crippen LogP contribution in [0.2, 0.25) is 0 Å². The smallest absolute Gasteiger partial charge is 0.338 e. The summed E-state index contributed by atoms with van der Waals surface area (Å²) in [6.07, 6.45) is 0.844. The Bertz CT molecular complexity index is 905. The average molecular weight is 389 g/mol. The lowest BCUT2D eigenvalue weighted by atomic mass is 10.2. The molecule has 0 radical (unpaired) electrons. The number of amides is 1. The number of aryl methyl sites for hydroxylation is 2. The molecule has 0 bridgehead atoms. The number of carbonyl (C=O) groups excluding carboxylic acids is 2. The summed E-state index contributed by atoms with van der Waals surface area (Å²) >= 11 is 0. The molecule has 28 heavy (non-hydrogen) atoms. The van der Waals surface area contributed by atoms with E-state index < -0.39 is 5.97 Å². The third-order valence-corrected chi connectivity index (χ3v) is 4.09. The zero-order valence-corrected chi connectivity index (χ0v) is 16.8. The normalized spacial score (nSPS) is 11.0. The molecular formula is C20H27N3O5. The Morgan fingerprint density at radius 2 is 2.04 bits per heavy atom. The van der Waals surface area contributed by atoms with Crippen LogP contribution in [0, 0.1) is 6.92 Å². The first-order chi connectivity index (χ1) is 13.3. The maximum absolute atomic E-state index is 12.2. The van der Waals surface area contributed by atoms with Crippen molar-refractivity contribution in [2.75, 3.05) is 19.8 Å². The van der Waals surface area contributed by atoms with Crippen molar-refractivity contribution >= 4 is 22.9 Å². The molecule has 0 unspecified atom stereocenters. The van der Waals surface area contributed by atoms with E-state index in [9.17, 15) is 14.4 Å². The lowest BCUT2D eigenvalue weighted by Gasteiger charge is -2.10. The highest BCUT2D eigenvalue weighted by molar-refractivity contribution is 5.94. The summed E-state index contributed by atoms with van der Waals surface area (Å²) < 4.78 is 12.0. The molecule has 2 aromatic rings. The van der Waals surface area contributed by atoms with Gasteiger partial charge in [-0.1, -0.05) is 0 Å². The van der Waals surface area contributed by atoms with Crippen molar-refractivity contribution < 1.29 is 19.1 Å². The highest BCUT2D eigenvalue weighted by atomic mass is 16.5. The van der Waals surface area contributed by atoms with Crippen molar-refractivity contribution in [1.82, 2.24) is 14.9 Å². The molecule has 0 atom stereocenters. The molecule has 1 heterocycles. The highest BCUT2D eigenvalue weighted by Gasteiger charge is 2.13. The van der Waals surface area contributed by atoms with Crippen LogP contribution in [-0.4, -0.2) is 47.3 Å². The van der Waals surface area contributed by atoms with E-state index in [1.165, 1.54) is 0 Å². The fourth-order valence-electron chi connectivity index (χ4n) is 2.70. The number of fused-ring (bicyclic) bond motifs is 1. The largest absolute Gasteiger partial charge is 0.452 e. The number of benzene rings is 1.